The number of hydrogen-bond acceptors (Lipinski definition) is 6. The molecule has 170 valence electrons. The molecule has 2 atom stereocenters. The fraction of sp³-hybridized carbons (Fsp3) is 0.478. The Morgan fingerprint density at radius 2 is 2.00 bits per heavy atom. The molecule has 2 aromatic rings. The van der Waals surface area contributed by atoms with Gasteiger partial charge in [0, 0.05) is 21.2 Å². The predicted octanol–water partition coefficient (Wildman–Crippen LogP) is 4.15. The van der Waals surface area contributed by atoms with Crippen LogP contribution in [0.2, 0.25) is 5.02 Å². The van der Waals surface area contributed by atoms with Gasteiger partial charge in [-0.2, -0.15) is 5.10 Å². The van der Waals surface area contributed by atoms with Crippen LogP contribution < -0.4 is 10.7 Å². The molecule has 2 aliphatic rings. The van der Waals surface area contributed by atoms with Crippen LogP contribution in [0.1, 0.15) is 49.7 Å². The molecule has 2 aliphatic carbocycles. The summed E-state index contributed by atoms with van der Waals surface area (Å²) in [6.07, 6.45) is 3.14. The van der Waals surface area contributed by atoms with E-state index in [1.165, 1.54) is 17.8 Å². The molecule has 2 N–H and O–H groups in total. The molecule has 7 nitrogen and oxygen atoms in total. The highest BCUT2D eigenvalue weighted by atomic mass is 35.5. The molecular formula is C23H26ClN3O4S. The van der Waals surface area contributed by atoms with Crippen molar-refractivity contribution in [3.8, 4) is 0 Å². The first-order valence-electron chi connectivity index (χ1n) is 10.6. The third-order valence-electron chi connectivity index (χ3n) is 7.33. The summed E-state index contributed by atoms with van der Waals surface area (Å²) in [5.41, 5.74) is 3.67. The van der Waals surface area contributed by atoms with E-state index in [0.29, 0.717) is 15.8 Å². The van der Waals surface area contributed by atoms with Gasteiger partial charge in [0.25, 0.3) is 11.8 Å². The van der Waals surface area contributed by atoms with E-state index in [2.05, 4.69) is 36.6 Å². The molecule has 9 heteroatoms. The fourth-order valence-corrected chi connectivity index (χ4v) is 6.28. The lowest BCUT2D eigenvalue weighted by molar-refractivity contribution is -0.147. The summed E-state index contributed by atoms with van der Waals surface area (Å²) in [6, 6.07) is 7.41. The molecule has 2 unspecified atom stereocenters. The van der Waals surface area contributed by atoms with Crippen LogP contribution in [0.5, 0.6) is 0 Å². The Labute approximate surface area is 195 Å². The molecule has 2 saturated carbocycles. The summed E-state index contributed by atoms with van der Waals surface area (Å²) in [6.45, 7) is 5.91. The Morgan fingerprint density at radius 1 is 1.25 bits per heavy atom. The molecule has 0 spiro atoms. The average Bonchev–Trinajstić information content (AvgIpc) is 3.29. The van der Waals surface area contributed by atoms with E-state index >= 15 is 0 Å². The summed E-state index contributed by atoms with van der Waals surface area (Å²) in [5, 5.41) is 7.97. The maximum absolute atomic E-state index is 12.4. The van der Waals surface area contributed by atoms with Crippen LogP contribution in [-0.2, 0) is 14.3 Å². The van der Waals surface area contributed by atoms with Crippen LogP contribution in [0, 0.1) is 16.7 Å². The van der Waals surface area contributed by atoms with Crippen molar-refractivity contribution in [3.05, 3.63) is 34.2 Å². The lowest BCUT2D eigenvalue weighted by Crippen LogP contribution is -2.35. The van der Waals surface area contributed by atoms with Crippen LogP contribution in [0.4, 0.5) is 0 Å². The van der Waals surface area contributed by atoms with E-state index in [9.17, 15) is 14.4 Å². The van der Waals surface area contributed by atoms with Gasteiger partial charge >= 0.3 is 5.97 Å². The second kappa shape index (κ2) is 8.48. The number of nitrogens with one attached hydrogen (secondary N) is 2. The van der Waals surface area contributed by atoms with Crippen molar-refractivity contribution in [2.75, 3.05) is 13.2 Å². The normalized spacial score (nSPS) is 24.6. The number of halogens is 1. The third-order valence-corrected chi connectivity index (χ3v) is 9.00. The second-order valence-electron chi connectivity index (χ2n) is 9.17. The van der Waals surface area contributed by atoms with Gasteiger partial charge in [-0.1, -0.05) is 50.6 Å². The van der Waals surface area contributed by atoms with Crippen LogP contribution in [-0.4, -0.2) is 36.6 Å². The third kappa shape index (κ3) is 3.90. The van der Waals surface area contributed by atoms with Crippen LogP contribution in [0.3, 0.4) is 0 Å². The topological polar surface area (TPSA) is 96.9 Å². The Balaban J connectivity index is 1.24. The smallest absolute Gasteiger partial charge is 0.325 e. The lowest BCUT2D eigenvalue weighted by atomic mass is 9.70. The molecule has 1 heterocycles. The van der Waals surface area contributed by atoms with Crippen LogP contribution in [0.25, 0.3) is 10.1 Å². The van der Waals surface area contributed by atoms with E-state index < -0.39 is 24.4 Å². The molecule has 0 aliphatic heterocycles. The first-order chi connectivity index (χ1) is 15.1. The number of benzene rings is 1. The maximum Gasteiger partial charge on any atom is 0.325 e. The highest BCUT2D eigenvalue weighted by Crippen LogP contribution is 2.63. The van der Waals surface area contributed by atoms with Gasteiger partial charge in [0.1, 0.15) is 11.4 Å². The number of esters is 1. The van der Waals surface area contributed by atoms with Gasteiger partial charge in [0.2, 0.25) is 0 Å². The van der Waals surface area contributed by atoms with Gasteiger partial charge in [-0.3, -0.25) is 14.4 Å². The summed E-state index contributed by atoms with van der Waals surface area (Å²) in [7, 11) is 0. The van der Waals surface area contributed by atoms with E-state index in [0.717, 1.165) is 28.6 Å². The molecule has 0 saturated heterocycles. The van der Waals surface area contributed by atoms with Crippen molar-refractivity contribution in [2.24, 2.45) is 21.8 Å². The van der Waals surface area contributed by atoms with Crippen LogP contribution in [0.15, 0.2) is 29.4 Å². The highest BCUT2D eigenvalue weighted by molar-refractivity contribution is 7.21. The van der Waals surface area contributed by atoms with Gasteiger partial charge in [0.15, 0.2) is 6.61 Å². The van der Waals surface area contributed by atoms with Gasteiger partial charge in [-0.15, -0.1) is 11.3 Å². The molecular weight excluding hydrogens is 450 g/mol. The van der Waals surface area contributed by atoms with Crippen molar-refractivity contribution in [3.63, 3.8) is 0 Å². The molecule has 32 heavy (non-hydrogen) atoms. The molecule has 2 bridgehead atoms. The van der Waals surface area contributed by atoms with Crippen molar-refractivity contribution in [2.45, 2.75) is 40.0 Å². The van der Waals surface area contributed by atoms with Gasteiger partial charge in [0.05, 0.1) is 5.02 Å². The molecule has 4 rings (SSSR count). The predicted molar refractivity (Wildman–Crippen MR) is 125 cm³/mol. The summed E-state index contributed by atoms with van der Waals surface area (Å²) < 4.78 is 5.84. The van der Waals surface area contributed by atoms with Crippen molar-refractivity contribution in [1.82, 2.24) is 10.7 Å². The maximum atomic E-state index is 12.4. The monoisotopic (exact) mass is 475 g/mol. The van der Waals surface area contributed by atoms with E-state index in [1.807, 2.05) is 24.3 Å². The number of hydrogen-bond donors (Lipinski definition) is 2. The summed E-state index contributed by atoms with van der Waals surface area (Å²) in [5.74, 6) is -1.10. The number of hydrazone groups is 1. The Morgan fingerprint density at radius 3 is 2.66 bits per heavy atom. The molecule has 1 aromatic heterocycles. The van der Waals surface area contributed by atoms with Crippen LogP contribution >= 0.6 is 22.9 Å². The second-order valence-corrected chi connectivity index (χ2v) is 10.6. The Hall–Kier alpha value is -2.45. The zero-order chi connectivity index (χ0) is 23.1. The van der Waals surface area contributed by atoms with Gasteiger partial charge < -0.3 is 10.1 Å². The number of ether oxygens (including phenoxy) is 1. The van der Waals surface area contributed by atoms with Gasteiger partial charge in [-0.05, 0) is 36.7 Å². The summed E-state index contributed by atoms with van der Waals surface area (Å²) >= 11 is 7.53. The minimum Gasteiger partial charge on any atom is -0.454 e. The zero-order valence-corrected chi connectivity index (χ0v) is 19.9. The Kier molecular flexibility index (Phi) is 6.02. The van der Waals surface area contributed by atoms with Crippen molar-refractivity contribution in [1.29, 1.82) is 0 Å². The van der Waals surface area contributed by atoms with E-state index in [1.54, 1.807) is 0 Å². The standard InChI is InChI=1S/C23H26ClN3O4S/c1-22(2)13-8-9-23(22,3)16(10-13)26-27-17(28)12-31-18(29)11-25-21(30)20-19(24)14-6-4-5-7-15(14)32-20/h4-7,13H,8-12H2,1-3H3,(H,25,30)(H,27,28)/b26-16-. The number of nitrogens with zero attached hydrogens (tertiary/aromatic N) is 1. The first-order valence-corrected chi connectivity index (χ1v) is 11.8. The Bertz CT molecular complexity index is 1130. The largest absolute Gasteiger partial charge is 0.454 e. The van der Waals surface area contributed by atoms with E-state index in [-0.39, 0.29) is 17.4 Å². The molecule has 1 aromatic carbocycles. The average molecular weight is 476 g/mol. The number of amides is 2. The minimum atomic E-state index is -0.716. The molecule has 2 fully saturated rings. The number of fused-ring (bicyclic) bond motifs is 3. The first kappa shape index (κ1) is 22.7. The number of carbonyl (C=O) groups excluding carboxylic acids is 3. The van der Waals surface area contributed by atoms with Gasteiger partial charge in [-0.25, -0.2) is 5.43 Å². The minimum absolute atomic E-state index is 0.0141. The highest BCUT2D eigenvalue weighted by Gasteiger charge is 2.60. The van der Waals surface area contributed by atoms with Crippen molar-refractivity contribution < 1.29 is 19.1 Å². The fourth-order valence-electron chi connectivity index (χ4n) is 4.85. The zero-order valence-electron chi connectivity index (χ0n) is 18.3. The lowest BCUT2D eigenvalue weighted by Gasteiger charge is -2.34. The molecule has 2 amide bonds. The number of thiophene rings is 1. The van der Waals surface area contributed by atoms with E-state index in [4.69, 9.17) is 16.3 Å². The van der Waals surface area contributed by atoms with Crippen molar-refractivity contribution >= 4 is 56.5 Å². The SMILES string of the molecule is CC12CCC(C/C1=N/NC(=O)COC(=O)CNC(=O)c1sc3ccccc3c1Cl)C2(C)C. The summed E-state index contributed by atoms with van der Waals surface area (Å²) in [4.78, 5) is 36.8. The molecule has 0 radical (unpaired) electrons. The number of carbonyl (C=O) groups is 3. The quantitative estimate of drug-likeness (QED) is 0.484. The number of rotatable bonds is 6.